The van der Waals surface area contributed by atoms with Gasteiger partial charge in [-0.05, 0) is 26.3 Å². The molecule has 2 aliphatic heterocycles. The van der Waals surface area contributed by atoms with Gasteiger partial charge in [-0.2, -0.15) is 4.98 Å². The summed E-state index contributed by atoms with van der Waals surface area (Å²) in [4.78, 5) is 8.96. The summed E-state index contributed by atoms with van der Waals surface area (Å²) >= 11 is 0. The maximum absolute atomic E-state index is 5.56. The van der Waals surface area contributed by atoms with Gasteiger partial charge >= 0.3 is 0 Å². The molecule has 88 valence electrons. The molecule has 0 aliphatic carbocycles. The summed E-state index contributed by atoms with van der Waals surface area (Å²) in [5, 5.41) is 6.84. The van der Waals surface area contributed by atoms with Gasteiger partial charge < -0.3 is 10.6 Å². The number of nitrogens with two attached hydrogens (primary N) is 1. The topological polar surface area (TPSA) is 74.1 Å². The van der Waals surface area contributed by atoms with Gasteiger partial charge in [0.25, 0.3) is 0 Å². The van der Waals surface area contributed by atoms with Crippen molar-refractivity contribution in [2.24, 2.45) is 0 Å². The highest BCUT2D eigenvalue weighted by molar-refractivity contribution is 5.34. The minimum Gasteiger partial charge on any atom is -0.368 e. The number of hydrogen-bond acceptors (Lipinski definition) is 5. The zero-order valence-corrected chi connectivity index (χ0v) is 9.56. The highest BCUT2D eigenvalue weighted by atomic mass is 15.4. The summed E-state index contributed by atoms with van der Waals surface area (Å²) in [5.41, 5.74) is 5.56. The molecule has 2 atom stereocenters. The van der Waals surface area contributed by atoms with E-state index in [1.54, 1.807) is 0 Å². The number of aromatic amines is 1. The van der Waals surface area contributed by atoms with Gasteiger partial charge in [0.05, 0.1) is 0 Å². The average Bonchev–Trinajstić information content (AvgIpc) is 2.74. The number of H-pyrrole nitrogens is 1. The third-order valence-corrected chi connectivity index (χ3v) is 3.92. The standard InChI is InChI=1S/C10H18N6/c1-15-7-2-3-8(15)6-16(5-4-7)10-12-9(11)13-14-10/h7-8H,2-6H2,1H3,(H3,11,12,13,14). The summed E-state index contributed by atoms with van der Waals surface area (Å²) in [6.45, 7) is 2.05. The van der Waals surface area contributed by atoms with Crippen LogP contribution in [0.4, 0.5) is 11.9 Å². The highest BCUT2D eigenvalue weighted by Crippen LogP contribution is 2.29. The number of nitrogens with one attached hydrogen (secondary N) is 1. The van der Waals surface area contributed by atoms with E-state index in [-0.39, 0.29) is 0 Å². The predicted octanol–water partition coefficient (Wildman–Crippen LogP) is 0.0598. The van der Waals surface area contributed by atoms with Crippen LogP contribution in [0.2, 0.25) is 0 Å². The second kappa shape index (κ2) is 3.62. The molecule has 6 heteroatoms. The first-order valence-corrected chi connectivity index (χ1v) is 5.89. The largest absolute Gasteiger partial charge is 0.368 e. The Balaban J connectivity index is 1.79. The monoisotopic (exact) mass is 222 g/mol. The van der Waals surface area contributed by atoms with E-state index in [1.807, 2.05) is 0 Å². The van der Waals surface area contributed by atoms with Crippen molar-refractivity contribution in [1.29, 1.82) is 0 Å². The summed E-state index contributed by atoms with van der Waals surface area (Å²) in [6.07, 6.45) is 3.82. The molecule has 3 N–H and O–H groups in total. The molecule has 6 nitrogen and oxygen atoms in total. The molecule has 0 saturated carbocycles. The Bertz CT molecular complexity index is 375. The zero-order chi connectivity index (χ0) is 11.1. The quantitative estimate of drug-likeness (QED) is 0.703. The van der Waals surface area contributed by atoms with E-state index in [2.05, 4.69) is 32.0 Å². The van der Waals surface area contributed by atoms with E-state index in [0.717, 1.165) is 25.1 Å². The third-order valence-electron chi connectivity index (χ3n) is 3.92. The van der Waals surface area contributed by atoms with E-state index >= 15 is 0 Å². The van der Waals surface area contributed by atoms with Crippen LogP contribution >= 0.6 is 0 Å². The average molecular weight is 222 g/mol. The Morgan fingerprint density at radius 3 is 2.88 bits per heavy atom. The maximum Gasteiger partial charge on any atom is 0.246 e. The lowest BCUT2D eigenvalue weighted by molar-refractivity contribution is 0.254. The molecule has 1 aromatic heterocycles. The SMILES string of the molecule is CN1C2CCC1CN(c1n[nH]c(N)n1)CC2. The Morgan fingerprint density at radius 2 is 2.12 bits per heavy atom. The van der Waals surface area contributed by atoms with Crippen molar-refractivity contribution in [3.8, 4) is 0 Å². The van der Waals surface area contributed by atoms with Crippen LogP contribution in [0, 0.1) is 0 Å². The summed E-state index contributed by atoms with van der Waals surface area (Å²) in [5.74, 6) is 1.15. The lowest BCUT2D eigenvalue weighted by Crippen LogP contribution is -2.37. The smallest absolute Gasteiger partial charge is 0.246 e. The van der Waals surface area contributed by atoms with Gasteiger partial charge in [0, 0.05) is 25.2 Å². The van der Waals surface area contributed by atoms with Gasteiger partial charge in [0.1, 0.15) is 0 Å². The second-order valence-electron chi connectivity index (χ2n) is 4.81. The lowest BCUT2D eigenvalue weighted by atomic mass is 10.1. The Hall–Kier alpha value is -1.30. The fourth-order valence-corrected chi connectivity index (χ4v) is 2.90. The molecule has 0 amide bonds. The van der Waals surface area contributed by atoms with Crippen molar-refractivity contribution < 1.29 is 0 Å². The second-order valence-corrected chi connectivity index (χ2v) is 4.81. The highest BCUT2D eigenvalue weighted by Gasteiger charge is 2.35. The Morgan fingerprint density at radius 1 is 1.31 bits per heavy atom. The molecule has 2 bridgehead atoms. The molecule has 2 unspecified atom stereocenters. The molecule has 1 aromatic rings. The Labute approximate surface area is 94.8 Å². The van der Waals surface area contributed by atoms with Crippen LogP contribution in [-0.4, -0.2) is 52.3 Å². The number of hydrogen-bond donors (Lipinski definition) is 2. The first-order chi connectivity index (χ1) is 7.74. The van der Waals surface area contributed by atoms with Gasteiger partial charge in [-0.25, -0.2) is 5.10 Å². The molecule has 2 fully saturated rings. The zero-order valence-electron chi connectivity index (χ0n) is 9.56. The van der Waals surface area contributed by atoms with E-state index in [9.17, 15) is 0 Å². The van der Waals surface area contributed by atoms with Crippen LogP contribution < -0.4 is 10.6 Å². The van der Waals surface area contributed by atoms with Crippen molar-refractivity contribution in [3.05, 3.63) is 0 Å². The molecule has 2 saturated heterocycles. The van der Waals surface area contributed by atoms with Crippen molar-refractivity contribution >= 4 is 11.9 Å². The maximum atomic E-state index is 5.56. The van der Waals surface area contributed by atoms with E-state index in [0.29, 0.717) is 12.0 Å². The number of aromatic nitrogens is 3. The van der Waals surface area contributed by atoms with Crippen LogP contribution in [0.25, 0.3) is 0 Å². The lowest BCUT2D eigenvalue weighted by Gasteiger charge is -2.24. The fourth-order valence-electron chi connectivity index (χ4n) is 2.90. The van der Waals surface area contributed by atoms with Crippen LogP contribution in [0.1, 0.15) is 19.3 Å². The number of likely N-dealkylation sites (N-methyl/N-ethyl adjacent to an activating group) is 1. The molecular weight excluding hydrogens is 204 g/mol. The van der Waals surface area contributed by atoms with E-state index in [1.165, 1.54) is 19.3 Å². The minimum absolute atomic E-state index is 0.401. The molecule has 0 radical (unpaired) electrons. The molecule has 2 aliphatic rings. The predicted molar refractivity (Wildman–Crippen MR) is 62.2 cm³/mol. The van der Waals surface area contributed by atoms with Gasteiger partial charge in [-0.1, -0.05) is 0 Å². The number of nitrogen functional groups attached to an aromatic ring is 1. The van der Waals surface area contributed by atoms with Gasteiger partial charge in [0.2, 0.25) is 11.9 Å². The minimum atomic E-state index is 0.401. The van der Waals surface area contributed by atoms with Crippen LogP contribution in [-0.2, 0) is 0 Å². The van der Waals surface area contributed by atoms with Gasteiger partial charge in [0.15, 0.2) is 0 Å². The fraction of sp³-hybridized carbons (Fsp3) is 0.800. The summed E-state index contributed by atoms with van der Waals surface area (Å²) in [7, 11) is 2.23. The summed E-state index contributed by atoms with van der Waals surface area (Å²) in [6, 6.07) is 1.39. The van der Waals surface area contributed by atoms with Crippen LogP contribution in [0.15, 0.2) is 0 Å². The number of rotatable bonds is 1. The molecule has 3 heterocycles. The van der Waals surface area contributed by atoms with Crippen molar-refractivity contribution in [3.63, 3.8) is 0 Å². The van der Waals surface area contributed by atoms with Crippen molar-refractivity contribution in [2.75, 3.05) is 30.8 Å². The first kappa shape index (κ1) is 9.89. The molecular formula is C10H18N6. The van der Waals surface area contributed by atoms with E-state index < -0.39 is 0 Å². The van der Waals surface area contributed by atoms with Crippen LogP contribution in [0.5, 0.6) is 0 Å². The number of fused-ring (bicyclic) bond motifs is 2. The first-order valence-electron chi connectivity index (χ1n) is 5.89. The molecule has 16 heavy (non-hydrogen) atoms. The normalized spacial score (nSPS) is 30.7. The van der Waals surface area contributed by atoms with Gasteiger partial charge in [-0.15, -0.1) is 5.10 Å². The summed E-state index contributed by atoms with van der Waals surface area (Å²) < 4.78 is 0. The molecule has 0 aromatic carbocycles. The molecule has 3 rings (SSSR count). The number of nitrogens with zero attached hydrogens (tertiary/aromatic N) is 4. The Kier molecular flexibility index (Phi) is 2.24. The van der Waals surface area contributed by atoms with Crippen molar-refractivity contribution in [2.45, 2.75) is 31.3 Å². The number of anilines is 2. The van der Waals surface area contributed by atoms with Crippen molar-refractivity contribution in [1.82, 2.24) is 20.1 Å². The third kappa shape index (κ3) is 1.53. The van der Waals surface area contributed by atoms with Crippen LogP contribution in [0.3, 0.4) is 0 Å². The van der Waals surface area contributed by atoms with E-state index in [4.69, 9.17) is 5.73 Å². The molecule has 0 spiro atoms. The van der Waals surface area contributed by atoms with Gasteiger partial charge in [-0.3, -0.25) is 4.90 Å².